The molecule has 0 unspecified atom stereocenters. The Hall–Kier alpha value is -3.06. The fraction of sp³-hybridized carbons (Fsp3) is 0.389. The van der Waals surface area contributed by atoms with E-state index in [0.717, 1.165) is 0 Å². The van der Waals surface area contributed by atoms with Gasteiger partial charge in [0.15, 0.2) is 6.23 Å². The van der Waals surface area contributed by atoms with Crippen molar-refractivity contribution in [3.63, 3.8) is 0 Å². The highest BCUT2D eigenvalue weighted by Crippen LogP contribution is 2.27. The fourth-order valence-corrected chi connectivity index (χ4v) is 3.04. The average molecular weight is 425 g/mol. The first-order valence-corrected chi connectivity index (χ1v) is 8.92. The van der Waals surface area contributed by atoms with E-state index in [1.807, 2.05) is 0 Å². The minimum Gasteiger partial charge on any atom is -0.445 e. The van der Waals surface area contributed by atoms with E-state index in [4.69, 9.17) is 9.47 Å². The standard InChI is InChI=1S/C18H20FN3O8/c19-10-6-22(17(27)21-15(10)26)16-12(14(25)13(24)11(7-23)30-16)20-18(28)29-8-9-4-2-1-3-5-9/h1-6,11-14,16,23-25H,7-8H2,(H,20,28)(H,21,26,27)/t11-,12+,13+,14+,16-/m0/s1. The summed E-state index contributed by atoms with van der Waals surface area (Å²) in [6, 6.07) is 7.22. The molecule has 5 N–H and O–H groups in total. The zero-order chi connectivity index (χ0) is 21.8. The molecule has 1 aliphatic heterocycles. The molecule has 12 heteroatoms. The van der Waals surface area contributed by atoms with Crippen molar-refractivity contribution in [1.82, 2.24) is 14.9 Å². The number of nitrogens with one attached hydrogen (secondary N) is 2. The maximum Gasteiger partial charge on any atom is 0.407 e. The lowest BCUT2D eigenvalue weighted by molar-refractivity contribution is -0.216. The summed E-state index contributed by atoms with van der Waals surface area (Å²) in [5.41, 5.74) is -1.67. The third kappa shape index (κ3) is 4.57. The van der Waals surface area contributed by atoms with Crippen molar-refractivity contribution in [2.75, 3.05) is 6.61 Å². The summed E-state index contributed by atoms with van der Waals surface area (Å²) in [6.45, 7) is -0.837. The summed E-state index contributed by atoms with van der Waals surface area (Å²) < 4.78 is 24.8. The van der Waals surface area contributed by atoms with Crippen LogP contribution in [0.25, 0.3) is 0 Å². The molecule has 5 atom stereocenters. The van der Waals surface area contributed by atoms with Gasteiger partial charge in [0, 0.05) is 0 Å². The van der Waals surface area contributed by atoms with Crippen LogP contribution in [0.3, 0.4) is 0 Å². The molecule has 0 saturated carbocycles. The van der Waals surface area contributed by atoms with Crippen molar-refractivity contribution in [3.8, 4) is 0 Å². The number of H-pyrrole nitrogens is 1. The first-order valence-electron chi connectivity index (χ1n) is 8.92. The third-order valence-electron chi connectivity index (χ3n) is 4.60. The van der Waals surface area contributed by atoms with E-state index in [1.165, 1.54) is 0 Å². The normalized spacial score (nSPS) is 26.2. The molecule has 11 nitrogen and oxygen atoms in total. The number of aliphatic hydroxyl groups excluding tert-OH is 3. The second-order valence-electron chi connectivity index (χ2n) is 6.60. The molecule has 1 aromatic heterocycles. The van der Waals surface area contributed by atoms with Crippen LogP contribution in [0, 0.1) is 5.82 Å². The summed E-state index contributed by atoms with van der Waals surface area (Å²) >= 11 is 0. The van der Waals surface area contributed by atoms with Crippen LogP contribution in [0.5, 0.6) is 0 Å². The predicted molar refractivity (Wildman–Crippen MR) is 97.8 cm³/mol. The molecule has 1 aromatic carbocycles. The van der Waals surface area contributed by atoms with Crippen LogP contribution in [-0.4, -0.2) is 61.9 Å². The quantitative estimate of drug-likeness (QED) is 0.390. The number of benzene rings is 1. The number of aliphatic hydroxyl groups is 3. The van der Waals surface area contributed by atoms with Crippen LogP contribution in [0.4, 0.5) is 9.18 Å². The molecular weight excluding hydrogens is 405 g/mol. The number of ether oxygens (including phenoxy) is 2. The summed E-state index contributed by atoms with van der Waals surface area (Å²) in [5, 5.41) is 32.2. The van der Waals surface area contributed by atoms with E-state index in [-0.39, 0.29) is 6.61 Å². The van der Waals surface area contributed by atoms with Crippen LogP contribution in [0.15, 0.2) is 46.1 Å². The molecule has 0 bridgehead atoms. The van der Waals surface area contributed by atoms with E-state index in [9.17, 15) is 34.1 Å². The molecule has 2 heterocycles. The van der Waals surface area contributed by atoms with Gasteiger partial charge in [-0.1, -0.05) is 30.3 Å². The van der Waals surface area contributed by atoms with Gasteiger partial charge < -0.3 is 30.1 Å². The number of alkyl carbamates (subject to hydrolysis) is 1. The maximum absolute atomic E-state index is 13.7. The van der Waals surface area contributed by atoms with Gasteiger partial charge >= 0.3 is 11.8 Å². The number of hydrogen-bond acceptors (Lipinski definition) is 8. The lowest BCUT2D eigenvalue weighted by atomic mass is 9.96. The highest BCUT2D eigenvalue weighted by atomic mass is 19.1. The first-order chi connectivity index (χ1) is 14.3. The van der Waals surface area contributed by atoms with Gasteiger partial charge in [-0.25, -0.2) is 9.59 Å². The molecule has 0 radical (unpaired) electrons. The van der Waals surface area contributed by atoms with Crippen molar-refractivity contribution in [2.24, 2.45) is 0 Å². The number of halogens is 1. The first kappa shape index (κ1) is 21.6. The number of rotatable bonds is 5. The molecule has 30 heavy (non-hydrogen) atoms. The summed E-state index contributed by atoms with van der Waals surface area (Å²) in [5.74, 6) is -1.32. The highest BCUT2D eigenvalue weighted by molar-refractivity contribution is 5.67. The van der Waals surface area contributed by atoms with Crippen molar-refractivity contribution in [1.29, 1.82) is 0 Å². The van der Waals surface area contributed by atoms with Crippen molar-refractivity contribution >= 4 is 6.09 Å². The predicted octanol–water partition coefficient (Wildman–Crippen LogP) is -1.42. The monoisotopic (exact) mass is 425 g/mol. The zero-order valence-electron chi connectivity index (χ0n) is 15.5. The molecule has 1 amide bonds. The van der Waals surface area contributed by atoms with E-state index >= 15 is 0 Å². The van der Waals surface area contributed by atoms with E-state index < -0.39 is 60.3 Å². The van der Waals surface area contributed by atoms with Gasteiger partial charge in [0.1, 0.15) is 31.0 Å². The number of aromatic amines is 1. The molecule has 1 fully saturated rings. The van der Waals surface area contributed by atoms with Crippen molar-refractivity contribution in [2.45, 2.75) is 37.2 Å². The van der Waals surface area contributed by atoms with Gasteiger partial charge in [-0.15, -0.1) is 0 Å². The molecular formula is C18H20FN3O8. The molecule has 3 rings (SSSR count). The number of amides is 1. The van der Waals surface area contributed by atoms with Gasteiger partial charge in [-0.3, -0.25) is 14.3 Å². The molecule has 1 aliphatic rings. The number of carbonyl (C=O) groups excluding carboxylic acids is 1. The number of carbonyl (C=O) groups is 1. The lowest BCUT2D eigenvalue weighted by Gasteiger charge is -2.42. The van der Waals surface area contributed by atoms with Crippen LogP contribution in [0.2, 0.25) is 0 Å². The Morgan fingerprint density at radius 3 is 2.60 bits per heavy atom. The van der Waals surface area contributed by atoms with Crippen LogP contribution < -0.4 is 16.6 Å². The van der Waals surface area contributed by atoms with Crippen LogP contribution in [0.1, 0.15) is 11.8 Å². The number of nitrogens with zero attached hydrogens (tertiary/aromatic N) is 1. The Bertz CT molecular complexity index is 995. The van der Waals surface area contributed by atoms with Gasteiger partial charge in [-0.05, 0) is 5.56 Å². The van der Waals surface area contributed by atoms with Gasteiger partial charge in [0.2, 0.25) is 5.82 Å². The van der Waals surface area contributed by atoms with Crippen molar-refractivity contribution in [3.05, 3.63) is 68.7 Å². The van der Waals surface area contributed by atoms with Gasteiger partial charge in [-0.2, -0.15) is 4.39 Å². The number of aromatic nitrogens is 2. The van der Waals surface area contributed by atoms with E-state index in [1.54, 1.807) is 35.3 Å². The Morgan fingerprint density at radius 2 is 1.93 bits per heavy atom. The fourth-order valence-electron chi connectivity index (χ4n) is 3.04. The SMILES string of the molecule is O=C(N[C@@H]1[C@@H](O)[C@H](O)[C@H](CO)O[C@@H]1n1cc(F)c(=O)[nH]c1=O)OCc1ccccc1. The summed E-state index contributed by atoms with van der Waals surface area (Å²) in [6.07, 6.45) is -6.73. The van der Waals surface area contributed by atoms with Gasteiger partial charge in [0.05, 0.1) is 12.8 Å². The van der Waals surface area contributed by atoms with E-state index in [0.29, 0.717) is 16.3 Å². The highest BCUT2D eigenvalue weighted by Gasteiger charge is 2.46. The van der Waals surface area contributed by atoms with Crippen LogP contribution in [-0.2, 0) is 16.1 Å². The average Bonchev–Trinajstić information content (AvgIpc) is 2.74. The molecule has 1 saturated heterocycles. The van der Waals surface area contributed by atoms with Crippen molar-refractivity contribution < 1.29 is 34.0 Å². The second kappa shape index (κ2) is 9.17. The minimum absolute atomic E-state index is 0.101. The smallest absolute Gasteiger partial charge is 0.407 e. The summed E-state index contributed by atoms with van der Waals surface area (Å²) in [7, 11) is 0. The largest absolute Gasteiger partial charge is 0.445 e. The maximum atomic E-state index is 13.7. The Kier molecular flexibility index (Phi) is 6.62. The number of hydrogen-bond donors (Lipinski definition) is 5. The Labute approximate surface area is 168 Å². The third-order valence-corrected chi connectivity index (χ3v) is 4.60. The topological polar surface area (TPSA) is 163 Å². The zero-order valence-corrected chi connectivity index (χ0v) is 15.5. The molecule has 162 valence electrons. The second-order valence-corrected chi connectivity index (χ2v) is 6.60. The Morgan fingerprint density at radius 1 is 1.23 bits per heavy atom. The molecule has 0 aliphatic carbocycles. The van der Waals surface area contributed by atoms with Crippen LogP contribution >= 0.6 is 0 Å². The summed E-state index contributed by atoms with van der Waals surface area (Å²) in [4.78, 5) is 37.4. The minimum atomic E-state index is -1.72. The molecule has 2 aromatic rings. The molecule has 0 spiro atoms. The Balaban J connectivity index is 1.84. The van der Waals surface area contributed by atoms with Gasteiger partial charge in [0.25, 0.3) is 5.56 Å². The van der Waals surface area contributed by atoms with E-state index in [2.05, 4.69) is 5.32 Å². The lowest BCUT2D eigenvalue weighted by Crippen LogP contribution is -2.63.